The summed E-state index contributed by atoms with van der Waals surface area (Å²) in [5, 5.41) is 15.6. The van der Waals surface area contributed by atoms with Gasteiger partial charge in [0.1, 0.15) is 6.29 Å². The maximum atomic E-state index is 9.16. The average molecular weight is 369 g/mol. The van der Waals surface area contributed by atoms with Crippen LogP contribution in [0.4, 0.5) is 0 Å². The standard InChI is InChI=1S/C5H8O.C3H4O2.C2H5.W/c1-2-3-4-5-6;4-2-1-3-5;1-2;/h2-6H,1H3;1-4H;1H2,2H3;/q;;-1;/b3-2+,5-4-;2-1-;;. The summed E-state index contributed by atoms with van der Waals surface area (Å²) in [6.07, 6.45) is 8.33. The van der Waals surface area contributed by atoms with E-state index < -0.39 is 0 Å². The quantitative estimate of drug-likeness (QED) is 0.259. The van der Waals surface area contributed by atoms with Gasteiger partial charge in [0.25, 0.3) is 0 Å². The molecule has 14 heavy (non-hydrogen) atoms. The molecule has 2 N–H and O–H groups in total. The number of aldehydes is 1. The van der Waals surface area contributed by atoms with Crippen LogP contribution in [0.5, 0.6) is 0 Å². The second-order valence-electron chi connectivity index (χ2n) is 1.34. The average Bonchev–Trinajstić information content (AvgIpc) is 2.20. The second-order valence-corrected chi connectivity index (χ2v) is 1.34. The molecular formula is C10H17O3W-. The van der Waals surface area contributed by atoms with Crippen LogP contribution in [-0.2, 0) is 25.9 Å². The van der Waals surface area contributed by atoms with Gasteiger partial charge >= 0.3 is 0 Å². The van der Waals surface area contributed by atoms with Gasteiger partial charge in [0.15, 0.2) is 0 Å². The first-order valence-corrected chi connectivity index (χ1v) is 3.70. The van der Waals surface area contributed by atoms with E-state index in [1.54, 1.807) is 19.1 Å². The molecule has 4 heteroatoms. The van der Waals surface area contributed by atoms with Crippen molar-refractivity contribution >= 4 is 6.29 Å². The molecule has 0 rings (SSSR count). The van der Waals surface area contributed by atoms with Crippen LogP contribution in [0.15, 0.2) is 36.8 Å². The fourth-order valence-corrected chi connectivity index (χ4v) is 0.196. The SMILES string of the molecule is C/C=C/C=C\O.O=C/C=C\O.[CH2-]C.[W]. The Labute approximate surface area is 100 Å². The molecule has 0 aromatic carbocycles. The molecular weight excluding hydrogens is 352 g/mol. The monoisotopic (exact) mass is 369 g/mol. The first kappa shape index (κ1) is 23.2. The molecule has 0 atom stereocenters. The summed E-state index contributed by atoms with van der Waals surface area (Å²) < 4.78 is 0. The second kappa shape index (κ2) is 39.9. The van der Waals surface area contributed by atoms with Crippen LogP contribution in [0.25, 0.3) is 0 Å². The number of hydrogen-bond acceptors (Lipinski definition) is 3. The number of aliphatic hydroxyl groups is 2. The Morgan fingerprint density at radius 3 is 1.50 bits per heavy atom. The number of allylic oxidation sites excluding steroid dienone is 4. The van der Waals surface area contributed by atoms with Crippen molar-refractivity contribution in [3.8, 4) is 0 Å². The summed E-state index contributed by atoms with van der Waals surface area (Å²) in [5.74, 6) is 0. The van der Waals surface area contributed by atoms with Crippen molar-refractivity contribution in [1.29, 1.82) is 0 Å². The van der Waals surface area contributed by atoms with Crippen LogP contribution in [0, 0.1) is 6.92 Å². The Hall–Kier alpha value is -0.822. The van der Waals surface area contributed by atoms with Gasteiger partial charge in [-0.2, -0.15) is 6.92 Å². The number of carbonyl (C=O) groups is 1. The van der Waals surface area contributed by atoms with Crippen LogP contribution in [0.3, 0.4) is 0 Å². The van der Waals surface area contributed by atoms with Crippen molar-refractivity contribution in [2.24, 2.45) is 0 Å². The van der Waals surface area contributed by atoms with Crippen molar-refractivity contribution in [3.63, 3.8) is 0 Å². The molecule has 0 aliphatic carbocycles. The zero-order valence-electron chi connectivity index (χ0n) is 8.46. The normalized spacial score (nSPS) is 8.50. The Bertz CT molecular complexity index is 141. The van der Waals surface area contributed by atoms with E-state index in [-0.39, 0.29) is 21.1 Å². The largest absolute Gasteiger partial charge is 0.516 e. The van der Waals surface area contributed by atoms with E-state index in [2.05, 4.69) is 6.92 Å². The zero-order valence-corrected chi connectivity index (χ0v) is 11.4. The summed E-state index contributed by atoms with van der Waals surface area (Å²) in [4.78, 5) is 9.16. The number of aliphatic hydroxyl groups excluding tert-OH is 2. The van der Waals surface area contributed by atoms with Gasteiger partial charge in [-0.15, -0.1) is 0 Å². The Balaban J connectivity index is -0.0000000576. The van der Waals surface area contributed by atoms with E-state index in [4.69, 9.17) is 15.0 Å². The van der Waals surface area contributed by atoms with Gasteiger partial charge in [0, 0.05) is 27.1 Å². The van der Waals surface area contributed by atoms with Crippen LogP contribution < -0.4 is 0 Å². The van der Waals surface area contributed by atoms with Crippen LogP contribution in [0.2, 0.25) is 0 Å². The van der Waals surface area contributed by atoms with Crippen LogP contribution >= 0.6 is 0 Å². The maximum Gasteiger partial charge on any atom is 0.145 e. The van der Waals surface area contributed by atoms with Gasteiger partial charge in [-0.05, 0) is 13.0 Å². The molecule has 0 radical (unpaired) electrons. The third-order valence-corrected chi connectivity index (χ3v) is 0.554. The maximum absolute atomic E-state index is 9.16. The zero-order chi connectivity index (χ0) is 10.9. The number of rotatable bonds is 2. The fourth-order valence-electron chi connectivity index (χ4n) is 0.196. The van der Waals surface area contributed by atoms with E-state index in [9.17, 15) is 0 Å². The van der Waals surface area contributed by atoms with Gasteiger partial charge < -0.3 is 17.1 Å². The van der Waals surface area contributed by atoms with E-state index >= 15 is 0 Å². The number of hydrogen-bond donors (Lipinski definition) is 2. The minimum absolute atomic E-state index is 0. The Kier molecular flexibility index (Phi) is 66.1. The topological polar surface area (TPSA) is 57.5 Å². The van der Waals surface area contributed by atoms with Crippen molar-refractivity contribution in [3.05, 3.63) is 43.8 Å². The first-order valence-electron chi connectivity index (χ1n) is 3.70. The molecule has 0 bridgehead atoms. The van der Waals surface area contributed by atoms with Crippen molar-refractivity contribution < 1.29 is 36.1 Å². The van der Waals surface area contributed by atoms with Gasteiger partial charge in [-0.25, -0.2) is 0 Å². The molecule has 3 nitrogen and oxygen atoms in total. The molecule has 0 amide bonds. The molecule has 0 aromatic heterocycles. The molecule has 0 saturated carbocycles. The Morgan fingerprint density at radius 2 is 1.43 bits per heavy atom. The third kappa shape index (κ3) is 66.3. The smallest absolute Gasteiger partial charge is 0.145 e. The molecule has 0 unspecified atom stereocenters. The first-order chi connectivity index (χ1) is 6.33. The molecule has 0 saturated heterocycles. The fraction of sp³-hybridized carbons (Fsp3) is 0.200. The summed E-state index contributed by atoms with van der Waals surface area (Å²) >= 11 is 0. The van der Waals surface area contributed by atoms with Crippen molar-refractivity contribution in [2.45, 2.75) is 13.8 Å². The van der Waals surface area contributed by atoms with E-state index in [0.717, 1.165) is 12.3 Å². The predicted octanol–water partition coefficient (Wildman–Crippen LogP) is 2.73. The summed E-state index contributed by atoms with van der Waals surface area (Å²) in [5.41, 5.74) is 0. The predicted molar refractivity (Wildman–Crippen MR) is 55.4 cm³/mol. The Morgan fingerprint density at radius 1 is 1.00 bits per heavy atom. The minimum atomic E-state index is 0. The summed E-state index contributed by atoms with van der Waals surface area (Å²) in [7, 11) is 0. The molecule has 0 aliphatic heterocycles. The van der Waals surface area contributed by atoms with Gasteiger partial charge in [-0.3, -0.25) is 4.79 Å². The van der Waals surface area contributed by atoms with Crippen LogP contribution in [0.1, 0.15) is 13.8 Å². The molecule has 0 fully saturated rings. The van der Waals surface area contributed by atoms with Crippen LogP contribution in [-0.4, -0.2) is 16.5 Å². The summed E-state index contributed by atoms with van der Waals surface area (Å²) in [6.45, 7) is 6.89. The molecule has 82 valence electrons. The molecule has 0 heterocycles. The van der Waals surface area contributed by atoms with Crippen molar-refractivity contribution in [2.75, 3.05) is 0 Å². The third-order valence-electron chi connectivity index (χ3n) is 0.554. The minimum Gasteiger partial charge on any atom is -0.516 e. The number of carbonyl (C=O) groups excluding carboxylic acids is 1. The van der Waals surface area contributed by atoms with Gasteiger partial charge in [-0.1, -0.05) is 12.2 Å². The summed E-state index contributed by atoms with van der Waals surface area (Å²) in [6, 6.07) is 0. The van der Waals surface area contributed by atoms with Gasteiger partial charge in [0.05, 0.1) is 12.5 Å². The molecule has 0 aliphatic rings. The van der Waals surface area contributed by atoms with E-state index in [1.165, 1.54) is 0 Å². The molecule has 0 aromatic rings. The van der Waals surface area contributed by atoms with E-state index in [1.807, 2.05) is 13.0 Å². The molecule has 0 spiro atoms. The van der Waals surface area contributed by atoms with E-state index in [0.29, 0.717) is 12.5 Å². The van der Waals surface area contributed by atoms with Gasteiger partial charge in [0.2, 0.25) is 0 Å². The van der Waals surface area contributed by atoms with Crippen molar-refractivity contribution in [1.82, 2.24) is 0 Å².